The molecular formula is C17H23N5O2S. The quantitative estimate of drug-likeness (QED) is 0.270. The molecule has 1 saturated heterocycles. The van der Waals surface area contributed by atoms with Gasteiger partial charge in [-0.15, -0.1) is 0 Å². The van der Waals surface area contributed by atoms with Gasteiger partial charge >= 0.3 is 0 Å². The van der Waals surface area contributed by atoms with Crippen molar-refractivity contribution >= 4 is 34.9 Å². The summed E-state index contributed by atoms with van der Waals surface area (Å²) in [5, 5.41) is 10.2. The molecule has 0 aliphatic carbocycles. The Bertz CT molecular complexity index is 648. The van der Waals surface area contributed by atoms with Gasteiger partial charge < -0.3 is 10.6 Å². The summed E-state index contributed by atoms with van der Waals surface area (Å²) in [5.74, 6) is -0.382. The molecule has 0 spiro atoms. The summed E-state index contributed by atoms with van der Waals surface area (Å²) < 4.78 is 0. The Balaban J connectivity index is 1.93. The summed E-state index contributed by atoms with van der Waals surface area (Å²) in [5.41, 5.74) is 3.98. The predicted octanol–water partition coefficient (Wildman–Crippen LogP) is 1.90. The number of carbonyl (C=O) groups is 2. The van der Waals surface area contributed by atoms with E-state index in [9.17, 15) is 9.59 Å². The van der Waals surface area contributed by atoms with Gasteiger partial charge in [0.1, 0.15) is 6.04 Å². The molecule has 1 aliphatic heterocycles. The number of carbonyl (C=O) groups excluding carboxylic acids is 2. The number of hydrazone groups is 1. The van der Waals surface area contributed by atoms with Crippen LogP contribution in [-0.4, -0.2) is 33.7 Å². The van der Waals surface area contributed by atoms with Gasteiger partial charge in [0.25, 0.3) is 5.91 Å². The third kappa shape index (κ3) is 6.22. The molecule has 2 rings (SSSR count). The smallest absolute Gasteiger partial charge is 0.271 e. The molecule has 0 radical (unpaired) electrons. The molecule has 1 aromatic rings. The number of hydrogen-bond acceptors (Lipinski definition) is 5. The zero-order chi connectivity index (χ0) is 18.1. The summed E-state index contributed by atoms with van der Waals surface area (Å²) in [6.45, 7) is 2.13. The predicted molar refractivity (Wildman–Crippen MR) is 100 cm³/mol. The fourth-order valence-corrected chi connectivity index (χ4v) is 2.73. The van der Waals surface area contributed by atoms with E-state index in [0.717, 1.165) is 31.4 Å². The van der Waals surface area contributed by atoms with Crippen LogP contribution in [0.2, 0.25) is 0 Å². The molecule has 1 unspecified atom stereocenters. The van der Waals surface area contributed by atoms with Crippen molar-refractivity contribution in [3.05, 3.63) is 30.1 Å². The molecule has 0 aromatic carbocycles. The average Bonchev–Trinajstić information content (AvgIpc) is 2.94. The zero-order valence-electron chi connectivity index (χ0n) is 14.2. The molecule has 1 atom stereocenters. The maximum atomic E-state index is 12.1. The second-order valence-corrected chi connectivity index (χ2v) is 6.27. The van der Waals surface area contributed by atoms with Crippen LogP contribution in [0.3, 0.4) is 0 Å². The Labute approximate surface area is 152 Å². The lowest BCUT2D eigenvalue weighted by atomic mass is 10.0. The molecule has 25 heavy (non-hydrogen) atoms. The van der Waals surface area contributed by atoms with Crippen LogP contribution >= 0.6 is 12.2 Å². The fraction of sp³-hybridized carbons (Fsp3) is 0.471. The standard InChI is InChI=1S/C17H23N5O2S/c1-2-3-4-5-13(6-7-14-16(24)20-17(25)19-14)21-22-15(23)12-8-10-18-11-9-12/h8-11,14H,2-7H2,1H3,(H,22,23)(H2,19,20,24,25). The monoisotopic (exact) mass is 361 g/mol. The van der Waals surface area contributed by atoms with E-state index in [4.69, 9.17) is 12.2 Å². The molecular weight excluding hydrogens is 338 g/mol. The van der Waals surface area contributed by atoms with E-state index in [-0.39, 0.29) is 17.9 Å². The number of nitrogens with one attached hydrogen (secondary N) is 3. The van der Waals surface area contributed by atoms with Crippen LogP contribution in [-0.2, 0) is 4.79 Å². The third-order valence-electron chi connectivity index (χ3n) is 3.91. The topological polar surface area (TPSA) is 95.5 Å². The zero-order valence-corrected chi connectivity index (χ0v) is 15.1. The van der Waals surface area contributed by atoms with Gasteiger partial charge in [-0.3, -0.25) is 14.6 Å². The Morgan fingerprint density at radius 3 is 2.72 bits per heavy atom. The van der Waals surface area contributed by atoms with E-state index in [1.54, 1.807) is 24.5 Å². The van der Waals surface area contributed by atoms with Crippen LogP contribution in [0, 0.1) is 0 Å². The Morgan fingerprint density at radius 1 is 1.32 bits per heavy atom. The lowest BCUT2D eigenvalue weighted by Gasteiger charge is -2.10. The van der Waals surface area contributed by atoms with Gasteiger partial charge in [-0.25, -0.2) is 5.43 Å². The normalized spacial score (nSPS) is 17.2. The van der Waals surface area contributed by atoms with Crippen molar-refractivity contribution < 1.29 is 9.59 Å². The van der Waals surface area contributed by atoms with Gasteiger partial charge in [0.2, 0.25) is 5.91 Å². The molecule has 0 saturated carbocycles. The number of thiocarbonyl (C=S) groups is 1. The molecule has 0 bridgehead atoms. The highest BCUT2D eigenvalue weighted by atomic mass is 32.1. The Hall–Kier alpha value is -2.35. The van der Waals surface area contributed by atoms with Gasteiger partial charge in [-0.05, 0) is 50.0 Å². The van der Waals surface area contributed by atoms with Crippen LogP contribution in [0.15, 0.2) is 29.6 Å². The highest BCUT2D eigenvalue weighted by molar-refractivity contribution is 7.80. The third-order valence-corrected chi connectivity index (χ3v) is 4.13. The highest BCUT2D eigenvalue weighted by Crippen LogP contribution is 2.09. The molecule has 134 valence electrons. The van der Waals surface area contributed by atoms with E-state index in [1.165, 1.54) is 0 Å². The van der Waals surface area contributed by atoms with Crippen molar-refractivity contribution in [1.29, 1.82) is 0 Å². The number of amides is 2. The van der Waals surface area contributed by atoms with Gasteiger partial charge in [0.05, 0.1) is 0 Å². The minimum absolute atomic E-state index is 0.112. The van der Waals surface area contributed by atoms with Crippen LogP contribution in [0.5, 0.6) is 0 Å². The van der Waals surface area contributed by atoms with Crippen molar-refractivity contribution in [2.45, 2.75) is 51.5 Å². The first-order valence-corrected chi connectivity index (χ1v) is 8.88. The maximum absolute atomic E-state index is 12.1. The first-order chi connectivity index (χ1) is 12.1. The first-order valence-electron chi connectivity index (χ1n) is 8.47. The van der Waals surface area contributed by atoms with Crippen molar-refractivity contribution in [2.75, 3.05) is 0 Å². The minimum atomic E-state index is -0.334. The van der Waals surface area contributed by atoms with Crippen LogP contribution in [0.25, 0.3) is 0 Å². The summed E-state index contributed by atoms with van der Waals surface area (Å²) in [4.78, 5) is 27.7. The number of pyridine rings is 1. The van der Waals surface area contributed by atoms with Gasteiger partial charge in [-0.2, -0.15) is 5.10 Å². The second kappa shape index (κ2) is 9.83. The fourth-order valence-electron chi connectivity index (χ4n) is 2.49. The summed E-state index contributed by atoms with van der Waals surface area (Å²) >= 11 is 4.94. The van der Waals surface area contributed by atoms with E-state index in [0.29, 0.717) is 23.5 Å². The summed E-state index contributed by atoms with van der Waals surface area (Å²) in [6.07, 6.45) is 8.34. The van der Waals surface area contributed by atoms with E-state index < -0.39 is 0 Å². The molecule has 7 nitrogen and oxygen atoms in total. The molecule has 3 N–H and O–H groups in total. The number of rotatable bonds is 9. The minimum Gasteiger partial charge on any atom is -0.351 e. The molecule has 8 heteroatoms. The Morgan fingerprint density at radius 2 is 2.08 bits per heavy atom. The summed E-state index contributed by atoms with van der Waals surface area (Å²) in [7, 11) is 0. The number of unbranched alkanes of at least 4 members (excludes halogenated alkanes) is 2. The lowest BCUT2D eigenvalue weighted by molar-refractivity contribution is -0.120. The van der Waals surface area contributed by atoms with Crippen molar-refractivity contribution in [2.24, 2.45) is 5.10 Å². The molecule has 2 amide bonds. The number of nitrogens with zero attached hydrogens (tertiary/aromatic N) is 2. The van der Waals surface area contributed by atoms with Crippen molar-refractivity contribution in [3.63, 3.8) is 0 Å². The van der Waals surface area contributed by atoms with Gasteiger partial charge in [-0.1, -0.05) is 19.8 Å². The molecule has 1 aliphatic rings. The average molecular weight is 361 g/mol. The van der Waals surface area contributed by atoms with Crippen LogP contribution < -0.4 is 16.1 Å². The Kier molecular flexibility index (Phi) is 7.46. The van der Waals surface area contributed by atoms with Gasteiger partial charge in [0.15, 0.2) is 5.11 Å². The van der Waals surface area contributed by atoms with Crippen molar-refractivity contribution in [1.82, 2.24) is 21.0 Å². The van der Waals surface area contributed by atoms with Crippen LogP contribution in [0.4, 0.5) is 0 Å². The molecule has 1 aromatic heterocycles. The van der Waals surface area contributed by atoms with Gasteiger partial charge in [0, 0.05) is 23.7 Å². The molecule has 1 fully saturated rings. The van der Waals surface area contributed by atoms with Crippen molar-refractivity contribution in [3.8, 4) is 0 Å². The van der Waals surface area contributed by atoms with E-state index in [1.807, 2.05) is 0 Å². The first kappa shape index (κ1) is 19.0. The lowest BCUT2D eigenvalue weighted by Crippen LogP contribution is -2.29. The highest BCUT2D eigenvalue weighted by Gasteiger charge is 2.26. The van der Waals surface area contributed by atoms with E-state index >= 15 is 0 Å². The number of aromatic nitrogens is 1. The largest absolute Gasteiger partial charge is 0.351 e. The second-order valence-electron chi connectivity index (χ2n) is 5.87. The van der Waals surface area contributed by atoms with E-state index in [2.05, 4.69) is 33.1 Å². The van der Waals surface area contributed by atoms with Crippen LogP contribution in [0.1, 0.15) is 55.8 Å². The SMILES string of the molecule is CCCCCC(CCC1NC(=S)NC1=O)=NNC(=O)c1ccncc1. The maximum Gasteiger partial charge on any atom is 0.271 e. The molecule has 2 heterocycles. The summed E-state index contributed by atoms with van der Waals surface area (Å²) in [6, 6.07) is 2.93. The number of hydrogen-bond donors (Lipinski definition) is 3.